The van der Waals surface area contributed by atoms with Crippen LogP contribution in [0.15, 0.2) is 99.1 Å². The molecule has 0 unspecified atom stereocenters. The molecule has 0 amide bonds. The van der Waals surface area contributed by atoms with Gasteiger partial charge in [-0.05, 0) is 62.7 Å². The SMILES string of the molecule is Cc1ccc(S(=O)(=O)N=C(CN2CCCCC2)N2CCN(S(=O)(=O)c3ccccc3)[C@H]2c2ccccc2)cc1. The van der Waals surface area contributed by atoms with Crippen LogP contribution in [0.25, 0.3) is 0 Å². The maximum absolute atomic E-state index is 13.8. The molecule has 2 saturated heterocycles. The quantitative estimate of drug-likeness (QED) is 0.313. The first kappa shape index (κ1) is 27.5. The summed E-state index contributed by atoms with van der Waals surface area (Å²) in [6.07, 6.45) is 2.49. The molecular weight excluding hydrogens is 532 g/mol. The lowest BCUT2D eigenvalue weighted by Gasteiger charge is -2.35. The third kappa shape index (κ3) is 6.09. The predicted octanol–water partition coefficient (Wildman–Crippen LogP) is 4.27. The van der Waals surface area contributed by atoms with Gasteiger partial charge < -0.3 is 4.90 Å². The molecule has 2 aliphatic rings. The Morgan fingerprint density at radius 1 is 0.744 bits per heavy atom. The maximum atomic E-state index is 13.8. The van der Waals surface area contributed by atoms with Crippen LogP contribution in [0.3, 0.4) is 0 Å². The number of aryl methyl sites for hydroxylation is 1. The molecule has 0 spiro atoms. The molecule has 0 N–H and O–H groups in total. The third-order valence-electron chi connectivity index (χ3n) is 7.27. The maximum Gasteiger partial charge on any atom is 0.283 e. The van der Waals surface area contributed by atoms with Crippen LogP contribution < -0.4 is 0 Å². The van der Waals surface area contributed by atoms with E-state index in [1.165, 1.54) is 4.31 Å². The molecule has 206 valence electrons. The second-order valence-corrected chi connectivity index (χ2v) is 13.5. The number of nitrogens with zero attached hydrogens (tertiary/aromatic N) is 4. The van der Waals surface area contributed by atoms with E-state index in [9.17, 15) is 16.8 Å². The Kier molecular flexibility index (Phi) is 8.18. The first-order valence-corrected chi connectivity index (χ1v) is 16.1. The lowest BCUT2D eigenvalue weighted by molar-refractivity contribution is 0.235. The molecule has 0 aromatic heterocycles. The molecule has 5 rings (SSSR count). The van der Waals surface area contributed by atoms with E-state index in [1.807, 2.05) is 42.2 Å². The molecule has 39 heavy (non-hydrogen) atoms. The summed E-state index contributed by atoms with van der Waals surface area (Å²) in [6.45, 7) is 4.45. The van der Waals surface area contributed by atoms with Gasteiger partial charge in [-0.3, -0.25) is 4.90 Å². The summed E-state index contributed by atoms with van der Waals surface area (Å²) >= 11 is 0. The number of benzene rings is 3. The molecule has 0 aliphatic carbocycles. The summed E-state index contributed by atoms with van der Waals surface area (Å²) in [5, 5.41) is 0. The van der Waals surface area contributed by atoms with Crippen LogP contribution in [-0.4, -0.2) is 69.5 Å². The van der Waals surface area contributed by atoms with Crippen LogP contribution in [0.2, 0.25) is 0 Å². The van der Waals surface area contributed by atoms with E-state index in [-0.39, 0.29) is 16.3 Å². The highest BCUT2D eigenvalue weighted by atomic mass is 32.2. The van der Waals surface area contributed by atoms with Gasteiger partial charge in [0, 0.05) is 13.1 Å². The van der Waals surface area contributed by atoms with Gasteiger partial charge in [0.25, 0.3) is 10.0 Å². The van der Waals surface area contributed by atoms with Gasteiger partial charge in [0.05, 0.1) is 16.3 Å². The number of likely N-dealkylation sites (tertiary alicyclic amines) is 1. The minimum Gasteiger partial charge on any atom is -0.336 e. The second-order valence-electron chi connectivity index (χ2n) is 10.0. The van der Waals surface area contributed by atoms with Crippen LogP contribution in [0.1, 0.15) is 36.6 Å². The topological polar surface area (TPSA) is 90.4 Å². The van der Waals surface area contributed by atoms with E-state index in [0.717, 1.165) is 43.5 Å². The van der Waals surface area contributed by atoms with Gasteiger partial charge in [-0.1, -0.05) is 72.6 Å². The Labute approximate surface area is 231 Å². The van der Waals surface area contributed by atoms with Crippen molar-refractivity contribution in [2.45, 2.75) is 42.1 Å². The Morgan fingerprint density at radius 2 is 1.36 bits per heavy atom. The van der Waals surface area contributed by atoms with Crippen LogP contribution in [0.4, 0.5) is 0 Å². The molecule has 3 aromatic rings. The summed E-state index contributed by atoms with van der Waals surface area (Å²) < 4.78 is 60.6. The minimum absolute atomic E-state index is 0.119. The van der Waals surface area contributed by atoms with Crippen LogP contribution in [0.5, 0.6) is 0 Å². The summed E-state index contributed by atoms with van der Waals surface area (Å²) in [6, 6.07) is 24.4. The molecule has 0 radical (unpaired) electrons. The minimum atomic E-state index is -4.02. The fourth-order valence-corrected chi connectivity index (χ4v) is 7.84. The van der Waals surface area contributed by atoms with E-state index in [4.69, 9.17) is 0 Å². The predicted molar refractivity (Wildman–Crippen MR) is 152 cm³/mol. The molecule has 0 bridgehead atoms. The molecule has 8 nitrogen and oxygen atoms in total. The largest absolute Gasteiger partial charge is 0.336 e. The number of sulfonamides is 2. The van der Waals surface area contributed by atoms with Gasteiger partial charge in [0.1, 0.15) is 12.0 Å². The van der Waals surface area contributed by atoms with E-state index >= 15 is 0 Å². The van der Waals surface area contributed by atoms with Crippen molar-refractivity contribution in [1.82, 2.24) is 14.1 Å². The Balaban J connectivity index is 1.60. The lowest BCUT2D eigenvalue weighted by atomic mass is 10.1. The van der Waals surface area contributed by atoms with E-state index in [0.29, 0.717) is 18.9 Å². The summed E-state index contributed by atoms with van der Waals surface area (Å²) in [5.41, 5.74) is 1.71. The van der Waals surface area contributed by atoms with Crippen molar-refractivity contribution in [3.05, 3.63) is 96.1 Å². The van der Waals surface area contributed by atoms with Crippen LogP contribution in [0, 0.1) is 6.92 Å². The van der Waals surface area contributed by atoms with Crippen molar-refractivity contribution >= 4 is 25.9 Å². The average molecular weight is 567 g/mol. The highest BCUT2D eigenvalue weighted by molar-refractivity contribution is 7.90. The smallest absolute Gasteiger partial charge is 0.283 e. The molecule has 0 saturated carbocycles. The number of amidine groups is 1. The Bertz CT molecular complexity index is 1500. The first-order valence-electron chi connectivity index (χ1n) is 13.3. The standard InChI is InChI=1S/C29H34N4O4S2/c1-24-15-17-26(18-16-24)38(34,35)30-28(23-31-19-9-4-10-20-31)32-21-22-33(29(32)25-11-5-2-6-12-25)39(36,37)27-13-7-3-8-14-27/h2-3,5-8,11-18,29H,4,9-10,19-23H2,1H3/t29-/m0/s1. The van der Waals surface area contributed by atoms with Crippen molar-refractivity contribution < 1.29 is 16.8 Å². The zero-order valence-corrected chi connectivity index (χ0v) is 23.7. The molecule has 10 heteroatoms. The lowest BCUT2D eigenvalue weighted by Crippen LogP contribution is -2.44. The van der Waals surface area contributed by atoms with Gasteiger partial charge in [0.15, 0.2) is 0 Å². The highest BCUT2D eigenvalue weighted by Crippen LogP contribution is 2.36. The number of piperidine rings is 1. The summed E-state index contributed by atoms with van der Waals surface area (Å²) in [4.78, 5) is 4.39. The van der Waals surface area contributed by atoms with Crippen LogP contribution in [-0.2, 0) is 20.0 Å². The zero-order chi connectivity index (χ0) is 27.5. The summed E-state index contributed by atoms with van der Waals surface area (Å²) in [7, 11) is -7.89. The third-order valence-corrected chi connectivity index (χ3v) is 10.5. The molecular formula is C29H34N4O4S2. The molecule has 2 fully saturated rings. The van der Waals surface area contributed by atoms with Crippen LogP contribution >= 0.6 is 0 Å². The zero-order valence-electron chi connectivity index (χ0n) is 22.1. The normalized spacial score (nSPS) is 19.9. The molecule has 3 aromatic carbocycles. The van der Waals surface area contributed by atoms with Gasteiger partial charge >= 0.3 is 0 Å². The van der Waals surface area contributed by atoms with Crippen molar-refractivity contribution in [2.24, 2.45) is 4.40 Å². The second kappa shape index (κ2) is 11.6. The number of rotatable bonds is 7. The number of hydrogen-bond donors (Lipinski definition) is 0. The van der Waals surface area contributed by atoms with Gasteiger partial charge in [-0.25, -0.2) is 8.42 Å². The van der Waals surface area contributed by atoms with Gasteiger partial charge in [-0.15, -0.1) is 4.40 Å². The monoisotopic (exact) mass is 566 g/mol. The van der Waals surface area contributed by atoms with E-state index in [1.54, 1.807) is 54.6 Å². The van der Waals surface area contributed by atoms with Crippen molar-refractivity contribution in [2.75, 3.05) is 32.7 Å². The summed E-state index contributed by atoms with van der Waals surface area (Å²) in [5.74, 6) is 0.358. The van der Waals surface area contributed by atoms with Gasteiger partial charge in [0.2, 0.25) is 10.0 Å². The average Bonchev–Trinajstić information content (AvgIpc) is 3.41. The Morgan fingerprint density at radius 3 is 2.00 bits per heavy atom. The van der Waals surface area contributed by atoms with Gasteiger partial charge in [-0.2, -0.15) is 12.7 Å². The highest BCUT2D eigenvalue weighted by Gasteiger charge is 2.43. The van der Waals surface area contributed by atoms with Crippen molar-refractivity contribution in [3.63, 3.8) is 0 Å². The molecule has 2 aliphatic heterocycles. The fourth-order valence-electron chi connectivity index (χ4n) is 5.22. The number of hydrogen-bond acceptors (Lipinski definition) is 5. The van der Waals surface area contributed by atoms with E-state index < -0.39 is 26.2 Å². The molecule has 1 atom stereocenters. The Hall–Kier alpha value is -3.05. The van der Waals surface area contributed by atoms with Crippen molar-refractivity contribution in [3.8, 4) is 0 Å². The van der Waals surface area contributed by atoms with Crippen molar-refractivity contribution in [1.29, 1.82) is 0 Å². The van der Waals surface area contributed by atoms with E-state index in [2.05, 4.69) is 9.30 Å². The first-order chi connectivity index (χ1) is 18.8. The fraction of sp³-hybridized carbons (Fsp3) is 0.345. The molecule has 2 heterocycles.